The molecule has 174 valence electrons. The summed E-state index contributed by atoms with van der Waals surface area (Å²) in [5, 5.41) is 31.9. The van der Waals surface area contributed by atoms with E-state index in [1.165, 1.54) is 11.8 Å². The molecule has 3 aliphatic rings. The van der Waals surface area contributed by atoms with E-state index in [2.05, 4.69) is 15.7 Å². The second-order valence-corrected chi connectivity index (χ2v) is 12.6. The number of aliphatic hydroxyl groups excluding tert-OH is 3. The third-order valence-corrected chi connectivity index (χ3v) is 8.68. The number of nitrogens with zero attached hydrogens (tertiary/aromatic N) is 1. The van der Waals surface area contributed by atoms with Crippen LogP contribution in [-0.4, -0.2) is 103 Å². The van der Waals surface area contributed by atoms with Crippen molar-refractivity contribution in [3.63, 3.8) is 0 Å². The van der Waals surface area contributed by atoms with Gasteiger partial charge in [0, 0.05) is 24.9 Å². The van der Waals surface area contributed by atoms with E-state index >= 15 is 0 Å². The molecule has 30 heavy (non-hydrogen) atoms. The molecule has 3 rings (SSSR count). The van der Waals surface area contributed by atoms with Crippen molar-refractivity contribution in [2.45, 2.75) is 79.5 Å². The quantitative estimate of drug-likeness (QED) is 0.430. The predicted octanol–water partition coefficient (Wildman–Crippen LogP) is -0.00160. The van der Waals surface area contributed by atoms with Gasteiger partial charge >= 0.3 is 0 Å². The summed E-state index contributed by atoms with van der Waals surface area (Å²) in [6.07, 6.45) is 0.893. The lowest BCUT2D eigenvalue weighted by Gasteiger charge is -2.45. The molecule has 0 aromatic rings. The molecule has 0 radical (unpaired) electrons. The highest BCUT2D eigenvalue weighted by Gasteiger charge is 2.48. The molecule has 10 heteroatoms. The van der Waals surface area contributed by atoms with Gasteiger partial charge < -0.3 is 24.8 Å². The molecule has 8 atom stereocenters. The summed E-state index contributed by atoms with van der Waals surface area (Å²) in [5.41, 5.74) is -0.668. The number of thioether (sulfide) groups is 1. The van der Waals surface area contributed by atoms with Crippen LogP contribution in [0.1, 0.15) is 33.6 Å². The Bertz CT molecular complexity index is 611. The number of hydrogen-bond donors (Lipinski definition) is 4. The van der Waals surface area contributed by atoms with Crippen LogP contribution in [0.15, 0.2) is 12.2 Å². The van der Waals surface area contributed by atoms with Gasteiger partial charge in [-0.15, -0.1) is 11.8 Å². The summed E-state index contributed by atoms with van der Waals surface area (Å²) in [6.45, 7) is 9.66. The Hall–Kier alpha value is -0.0400. The van der Waals surface area contributed by atoms with Crippen LogP contribution in [0.5, 0.6) is 0 Å². The first-order chi connectivity index (χ1) is 14.2. The van der Waals surface area contributed by atoms with Gasteiger partial charge in [0.2, 0.25) is 0 Å². The molecule has 2 saturated heterocycles. The molecule has 8 nitrogen and oxygen atoms in total. The van der Waals surface area contributed by atoms with Crippen LogP contribution in [-0.2, 0) is 20.5 Å². The summed E-state index contributed by atoms with van der Waals surface area (Å²) in [4.78, 5) is 2.34. The standard InChI is InChI=1S/C20H36N2O6S2/c1-20(2,3)30(26)21-14-7-5-4-6-13(12-22-8-10-27-11-9-22)29-19-17(25)15(23)16(24)18(14)28-19/h4-5,13-19,21,23-25H,6-12H2,1-3H3/b5-4-/t13-,14+,15-,16+,17+,18+,19+,30-/m0/s1. The van der Waals surface area contributed by atoms with Crippen molar-refractivity contribution in [2.24, 2.45) is 0 Å². The highest BCUT2D eigenvalue weighted by Crippen LogP contribution is 2.35. The largest absolute Gasteiger partial charge is 0.388 e. The van der Waals surface area contributed by atoms with Crippen LogP contribution in [0.2, 0.25) is 0 Å². The molecule has 0 spiro atoms. The van der Waals surface area contributed by atoms with Gasteiger partial charge in [-0.3, -0.25) is 4.90 Å². The van der Waals surface area contributed by atoms with E-state index in [0.717, 1.165) is 39.3 Å². The zero-order chi connectivity index (χ0) is 21.9. The molecule has 3 aliphatic heterocycles. The SMILES string of the molecule is CC(C)(C)[S@](=O)N[C@@H]1C/C=C\C[C@@H](CN2CCOCC2)S[C@H]2O[C@H]1[C@H](O)[C@H](O)[C@H]2O. The minimum absolute atomic E-state index is 0.176. The number of nitrogens with one attached hydrogen (secondary N) is 1. The minimum Gasteiger partial charge on any atom is -0.388 e. The highest BCUT2D eigenvalue weighted by molar-refractivity contribution is 8.00. The smallest absolute Gasteiger partial charge is 0.132 e. The molecule has 0 aliphatic carbocycles. The summed E-state index contributed by atoms with van der Waals surface area (Å²) in [6, 6.07) is -0.447. The van der Waals surface area contributed by atoms with Crippen LogP contribution in [0.25, 0.3) is 0 Å². The maximum absolute atomic E-state index is 12.7. The molecule has 4 N–H and O–H groups in total. The number of allylic oxidation sites excluding steroid dienone is 1. The molecule has 0 unspecified atom stereocenters. The third-order valence-electron chi connectivity index (χ3n) is 5.67. The lowest BCUT2D eigenvalue weighted by atomic mass is 9.93. The van der Waals surface area contributed by atoms with E-state index < -0.39 is 51.6 Å². The molecule has 2 fully saturated rings. The third kappa shape index (κ3) is 6.26. The Kier molecular flexibility index (Phi) is 8.79. The topological polar surface area (TPSA) is 111 Å². The zero-order valence-corrected chi connectivity index (χ0v) is 19.6. The Balaban J connectivity index is 1.77. The fourth-order valence-corrected chi connectivity index (χ4v) is 6.08. The molecular weight excluding hydrogens is 428 g/mol. The number of rotatable bonds is 4. The monoisotopic (exact) mass is 464 g/mol. The first-order valence-electron chi connectivity index (χ1n) is 10.6. The van der Waals surface area contributed by atoms with Gasteiger partial charge in [0.15, 0.2) is 0 Å². The van der Waals surface area contributed by atoms with Crippen molar-refractivity contribution in [3.8, 4) is 0 Å². The summed E-state index contributed by atoms with van der Waals surface area (Å²) in [5.74, 6) is 0. The van der Waals surface area contributed by atoms with E-state index in [9.17, 15) is 19.5 Å². The van der Waals surface area contributed by atoms with Gasteiger partial charge in [-0.25, -0.2) is 8.93 Å². The van der Waals surface area contributed by atoms with E-state index in [-0.39, 0.29) is 5.25 Å². The molecule has 0 aromatic heterocycles. The minimum atomic E-state index is -1.36. The first kappa shape index (κ1) is 24.6. The average molecular weight is 465 g/mol. The number of hydrogen-bond acceptors (Lipinski definition) is 8. The van der Waals surface area contributed by atoms with Gasteiger partial charge in [-0.05, 0) is 33.6 Å². The first-order valence-corrected chi connectivity index (χ1v) is 12.7. The summed E-state index contributed by atoms with van der Waals surface area (Å²) >= 11 is 1.50. The molecule has 2 bridgehead atoms. The van der Waals surface area contributed by atoms with Crippen LogP contribution in [0, 0.1) is 0 Å². The van der Waals surface area contributed by atoms with Gasteiger partial charge in [0.1, 0.15) is 29.9 Å². The molecule has 3 heterocycles. The second kappa shape index (κ2) is 10.7. The van der Waals surface area contributed by atoms with Crippen LogP contribution < -0.4 is 4.72 Å². The van der Waals surface area contributed by atoms with Crippen molar-refractivity contribution in [1.82, 2.24) is 9.62 Å². The number of fused-ring (bicyclic) bond motifs is 2. The average Bonchev–Trinajstić information content (AvgIpc) is 2.70. The number of ether oxygens (including phenoxy) is 2. The zero-order valence-electron chi connectivity index (χ0n) is 18.0. The predicted molar refractivity (Wildman–Crippen MR) is 119 cm³/mol. The highest BCUT2D eigenvalue weighted by atomic mass is 32.2. The lowest BCUT2D eigenvalue weighted by Crippen LogP contribution is -2.63. The van der Waals surface area contributed by atoms with Crippen LogP contribution >= 0.6 is 11.8 Å². The summed E-state index contributed by atoms with van der Waals surface area (Å²) in [7, 11) is -1.36. The number of morpholine rings is 1. The fraction of sp³-hybridized carbons (Fsp3) is 0.900. The fourth-order valence-electron chi connectivity index (χ4n) is 3.81. The second-order valence-electron chi connectivity index (χ2n) is 9.16. The van der Waals surface area contributed by atoms with Gasteiger partial charge in [-0.2, -0.15) is 0 Å². The van der Waals surface area contributed by atoms with Crippen molar-refractivity contribution < 1.29 is 29.0 Å². The van der Waals surface area contributed by atoms with Crippen molar-refractivity contribution >= 4 is 22.7 Å². The Labute approximate surface area is 186 Å². The van der Waals surface area contributed by atoms with Crippen molar-refractivity contribution in [1.29, 1.82) is 0 Å². The normalized spacial score (nSPS) is 41.2. The lowest BCUT2D eigenvalue weighted by molar-refractivity contribution is -0.203. The van der Waals surface area contributed by atoms with E-state index in [0.29, 0.717) is 6.42 Å². The van der Waals surface area contributed by atoms with Gasteiger partial charge in [0.25, 0.3) is 0 Å². The van der Waals surface area contributed by atoms with Crippen LogP contribution in [0.3, 0.4) is 0 Å². The molecule has 0 aromatic carbocycles. The van der Waals surface area contributed by atoms with Gasteiger partial charge in [-0.1, -0.05) is 12.2 Å². The van der Waals surface area contributed by atoms with E-state index in [1.54, 1.807) is 0 Å². The van der Waals surface area contributed by atoms with Gasteiger partial charge in [0.05, 0.1) is 35.0 Å². The summed E-state index contributed by atoms with van der Waals surface area (Å²) < 4.78 is 26.8. The van der Waals surface area contributed by atoms with Crippen molar-refractivity contribution in [3.05, 3.63) is 12.2 Å². The Morgan fingerprint density at radius 1 is 1.10 bits per heavy atom. The molecule has 0 saturated carbocycles. The maximum Gasteiger partial charge on any atom is 0.132 e. The Morgan fingerprint density at radius 2 is 1.77 bits per heavy atom. The maximum atomic E-state index is 12.7. The van der Waals surface area contributed by atoms with E-state index in [1.807, 2.05) is 26.8 Å². The van der Waals surface area contributed by atoms with Crippen molar-refractivity contribution in [2.75, 3.05) is 32.8 Å². The molecule has 0 amide bonds. The van der Waals surface area contributed by atoms with E-state index in [4.69, 9.17) is 9.47 Å². The Morgan fingerprint density at radius 3 is 2.43 bits per heavy atom. The van der Waals surface area contributed by atoms with Crippen LogP contribution in [0.4, 0.5) is 0 Å². The number of aliphatic hydroxyl groups is 3. The molecular formula is C20H36N2O6S2.